The highest BCUT2D eigenvalue weighted by atomic mass is 35.5. The minimum absolute atomic E-state index is 0.571. The van der Waals surface area contributed by atoms with Crippen molar-refractivity contribution in [3.63, 3.8) is 0 Å². The maximum Gasteiger partial charge on any atom is 0.121 e. The van der Waals surface area contributed by atoms with Crippen molar-refractivity contribution in [1.82, 2.24) is 0 Å². The van der Waals surface area contributed by atoms with E-state index in [1.165, 1.54) is 0 Å². The summed E-state index contributed by atoms with van der Waals surface area (Å²) in [4.78, 5) is 0. The van der Waals surface area contributed by atoms with Crippen LogP contribution in [-0.4, -0.2) is 7.11 Å². The van der Waals surface area contributed by atoms with Gasteiger partial charge >= 0.3 is 0 Å². The van der Waals surface area contributed by atoms with E-state index >= 15 is 0 Å². The molecule has 0 saturated carbocycles. The lowest BCUT2D eigenvalue weighted by Crippen LogP contribution is -1.97. The number of nitrogen functional groups attached to an aromatic ring is 1. The number of nitrogens with two attached hydrogens (primary N) is 1. The van der Waals surface area contributed by atoms with Gasteiger partial charge in [-0.05, 0) is 30.3 Å². The van der Waals surface area contributed by atoms with Crippen molar-refractivity contribution in [2.45, 2.75) is 0 Å². The Morgan fingerprint density at radius 2 is 1.83 bits per heavy atom. The van der Waals surface area contributed by atoms with Crippen LogP contribution in [0.1, 0.15) is 0 Å². The summed E-state index contributed by atoms with van der Waals surface area (Å²) in [7, 11) is 1.60. The Bertz CT molecular complexity index is 573. The molecule has 5 heteroatoms. The van der Waals surface area contributed by atoms with E-state index in [0.29, 0.717) is 27.2 Å². The van der Waals surface area contributed by atoms with Gasteiger partial charge in [-0.3, -0.25) is 0 Å². The van der Waals surface area contributed by atoms with E-state index in [1.807, 2.05) is 0 Å². The lowest BCUT2D eigenvalue weighted by molar-refractivity contribution is 0.415. The van der Waals surface area contributed by atoms with E-state index in [2.05, 4.69) is 5.32 Å². The van der Waals surface area contributed by atoms with Crippen molar-refractivity contribution >= 4 is 40.3 Å². The molecule has 18 heavy (non-hydrogen) atoms. The summed E-state index contributed by atoms with van der Waals surface area (Å²) in [5.41, 5.74) is 7.91. The first-order valence-corrected chi connectivity index (χ1v) is 6.01. The molecule has 0 aliphatic rings. The number of hydrogen-bond donors (Lipinski definition) is 2. The molecule has 0 bridgehead atoms. The topological polar surface area (TPSA) is 47.3 Å². The zero-order valence-corrected chi connectivity index (χ0v) is 11.2. The molecule has 0 fully saturated rings. The van der Waals surface area contributed by atoms with E-state index < -0.39 is 0 Å². The lowest BCUT2D eigenvalue weighted by Gasteiger charge is -2.12. The van der Waals surface area contributed by atoms with E-state index in [4.69, 9.17) is 33.7 Å². The Morgan fingerprint density at radius 3 is 2.56 bits per heavy atom. The number of anilines is 3. The molecule has 2 aromatic rings. The van der Waals surface area contributed by atoms with Gasteiger partial charge < -0.3 is 15.8 Å². The zero-order valence-electron chi connectivity index (χ0n) is 9.71. The van der Waals surface area contributed by atoms with Crippen LogP contribution in [0, 0.1) is 0 Å². The SMILES string of the molecule is COc1ccc(N)c(Nc2cc(Cl)ccc2Cl)c1. The van der Waals surface area contributed by atoms with Gasteiger partial charge in [0.2, 0.25) is 0 Å². The minimum Gasteiger partial charge on any atom is -0.497 e. The maximum atomic E-state index is 6.08. The van der Waals surface area contributed by atoms with E-state index in [0.717, 1.165) is 5.69 Å². The third-order valence-corrected chi connectivity index (χ3v) is 3.02. The normalized spacial score (nSPS) is 10.2. The molecule has 94 valence electrons. The Labute approximate surface area is 115 Å². The highest BCUT2D eigenvalue weighted by molar-refractivity contribution is 6.35. The molecule has 3 nitrogen and oxygen atoms in total. The van der Waals surface area contributed by atoms with Gasteiger partial charge in [-0.15, -0.1) is 0 Å². The molecule has 0 radical (unpaired) electrons. The van der Waals surface area contributed by atoms with Crippen molar-refractivity contribution in [3.05, 3.63) is 46.4 Å². The predicted octanol–water partition coefficient (Wildman–Crippen LogP) is 4.33. The highest BCUT2D eigenvalue weighted by Crippen LogP contribution is 2.32. The molecule has 0 atom stereocenters. The van der Waals surface area contributed by atoms with Gasteiger partial charge in [0.05, 0.1) is 29.2 Å². The van der Waals surface area contributed by atoms with Gasteiger partial charge in [-0.25, -0.2) is 0 Å². The molecule has 0 aliphatic heterocycles. The highest BCUT2D eigenvalue weighted by Gasteiger charge is 2.05. The molecule has 2 rings (SSSR count). The number of methoxy groups -OCH3 is 1. The molecule has 0 amide bonds. The molecule has 0 saturated heterocycles. The van der Waals surface area contributed by atoms with Gasteiger partial charge in [0.15, 0.2) is 0 Å². The quantitative estimate of drug-likeness (QED) is 0.824. The first kappa shape index (κ1) is 12.9. The van der Waals surface area contributed by atoms with E-state index in [1.54, 1.807) is 43.5 Å². The van der Waals surface area contributed by atoms with Gasteiger partial charge in [0.25, 0.3) is 0 Å². The fourth-order valence-corrected chi connectivity index (χ4v) is 1.85. The standard InChI is InChI=1S/C13H12Cl2N2O/c1-18-9-3-5-11(16)13(7-9)17-12-6-8(14)2-4-10(12)15/h2-7,17H,16H2,1H3. The molecule has 0 aliphatic carbocycles. The second-order valence-corrected chi connectivity index (χ2v) is 4.55. The van der Waals surface area contributed by atoms with Crippen molar-refractivity contribution < 1.29 is 4.74 Å². The minimum atomic E-state index is 0.571. The predicted molar refractivity (Wildman–Crippen MR) is 77.2 cm³/mol. The van der Waals surface area contributed by atoms with E-state index in [9.17, 15) is 0 Å². The fraction of sp³-hybridized carbons (Fsp3) is 0.0769. The van der Waals surface area contributed by atoms with Crippen LogP contribution < -0.4 is 15.8 Å². The Morgan fingerprint density at radius 1 is 1.06 bits per heavy atom. The van der Waals surface area contributed by atoms with Crippen molar-refractivity contribution in [2.24, 2.45) is 0 Å². The van der Waals surface area contributed by atoms with Crippen LogP contribution in [0.15, 0.2) is 36.4 Å². The maximum absolute atomic E-state index is 6.08. The summed E-state index contributed by atoms with van der Waals surface area (Å²) in [6, 6.07) is 10.5. The Hall–Kier alpha value is -1.58. The lowest BCUT2D eigenvalue weighted by atomic mass is 10.2. The van der Waals surface area contributed by atoms with Crippen LogP contribution in [0.25, 0.3) is 0 Å². The third-order valence-electron chi connectivity index (χ3n) is 2.46. The smallest absolute Gasteiger partial charge is 0.121 e. The van der Waals surface area contributed by atoms with Crippen molar-refractivity contribution in [3.8, 4) is 5.75 Å². The number of ether oxygens (including phenoxy) is 1. The number of rotatable bonds is 3. The largest absolute Gasteiger partial charge is 0.497 e. The van der Waals surface area contributed by atoms with Gasteiger partial charge in [-0.2, -0.15) is 0 Å². The van der Waals surface area contributed by atoms with Gasteiger partial charge in [0.1, 0.15) is 5.75 Å². The van der Waals surface area contributed by atoms with Crippen LogP contribution in [0.3, 0.4) is 0 Å². The summed E-state index contributed by atoms with van der Waals surface area (Å²) in [6.07, 6.45) is 0. The Kier molecular flexibility index (Phi) is 3.84. The average molecular weight is 283 g/mol. The monoisotopic (exact) mass is 282 g/mol. The zero-order chi connectivity index (χ0) is 13.1. The van der Waals surface area contributed by atoms with Crippen LogP contribution >= 0.6 is 23.2 Å². The molecule has 0 spiro atoms. The van der Waals surface area contributed by atoms with Crippen molar-refractivity contribution in [2.75, 3.05) is 18.2 Å². The first-order valence-electron chi connectivity index (χ1n) is 5.26. The second-order valence-electron chi connectivity index (χ2n) is 3.70. The van der Waals surface area contributed by atoms with Gasteiger partial charge in [-0.1, -0.05) is 23.2 Å². The molecule has 0 heterocycles. The number of benzene rings is 2. The summed E-state index contributed by atoms with van der Waals surface area (Å²) in [6.45, 7) is 0. The van der Waals surface area contributed by atoms with Crippen LogP contribution in [0.2, 0.25) is 10.0 Å². The summed E-state index contributed by atoms with van der Waals surface area (Å²) < 4.78 is 5.15. The number of halogens is 2. The number of nitrogens with one attached hydrogen (secondary N) is 1. The van der Waals surface area contributed by atoms with Gasteiger partial charge in [0, 0.05) is 11.1 Å². The summed E-state index contributed by atoms with van der Waals surface area (Å²) in [5.74, 6) is 0.713. The molecular weight excluding hydrogens is 271 g/mol. The summed E-state index contributed by atoms with van der Waals surface area (Å²) >= 11 is 12.0. The number of hydrogen-bond acceptors (Lipinski definition) is 3. The molecule has 2 aromatic carbocycles. The summed E-state index contributed by atoms with van der Waals surface area (Å²) in [5, 5.41) is 4.31. The Balaban J connectivity index is 2.36. The average Bonchev–Trinajstić information content (AvgIpc) is 2.36. The third kappa shape index (κ3) is 2.81. The molecule has 0 aromatic heterocycles. The van der Waals surface area contributed by atoms with Crippen LogP contribution in [0.5, 0.6) is 5.75 Å². The van der Waals surface area contributed by atoms with E-state index in [-0.39, 0.29) is 0 Å². The fourth-order valence-electron chi connectivity index (χ4n) is 1.51. The van der Waals surface area contributed by atoms with Crippen LogP contribution in [0.4, 0.5) is 17.1 Å². The molecule has 0 unspecified atom stereocenters. The molecule has 3 N–H and O–H groups in total. The van der Waals surface area contributed by atoms with Crippen LogP contribution in [-0.2, 0) is 0 Å². The second kappa shape index (κ2) is 5.38. The molecular formula is C13H12Cl2N2O. The van der Waals surface area contributed by atoms with Crippen molar-refractivity contribution in [1.29, 1.82) is 0 Å². The first-order chi connectivity index (χ1) is 8.60.